The molecule has 1 fully saturated rings. The first-order chi connectivity index (χ1) is 12.2. The summed E-state index contributed by atoms with van der Waals surface area (Å²) >= 11 is 0. The monoisotopic (exact) mass is 379 g/mol. The zero-order valence-electron chi connectivity index (χ0n) is 15.0. The summed E-state index contributed by atoms with van der Waals surface area (Å²) in [5.41, 5.74) is 0.709. The van der Waals surface area contributed by atoms with Crippen LogP contribution in [0.3, 0.4) is 0 Å². The van der Waals surface area contributed by atoms with Gasteiger partial charge in [-0.1, -0.05) is 37.5 Å². The molecule has 1 heterocycles. The Hall–Kier alpha value is -2.05. The maximum Gasteiger partial charge on any atom is 0.294 e. The van der Waals surface area contributed by atoms with E-state index in [1.807, 2.05) is 30.3 Å². The number of aromatic nitrogens is 1. The van der Waals surface area contributed by atoms with Crippen LogP contribution in [0, 0.1) is 0 Å². The largest absolute Gasteiger partial charge is 0.474 e. The summed E-state index contributed by atoms with van der Waals surface area (Å²) in [6.07, 6.45) is 6.53. The zero-order valence-corrected chi connectivity index (χ0v) is 15.8. The van der Waals surface area contributed by atoms with Crippen molar-refractivity contribution >= 4 is 24.0 Å². The molecule has 1 N–H and O–H groups in total. The second kappa shape index (κ2) is 10.2. The Morgan fingerprint density at radius 3 is 2.73 bits per heavy atom. The second-order valence-corrected chi connectivity index (χ2v) is 6.47. The van der Waals surface area contributed by atoms with Crippen LogP contribution in [-0.2, 0) is 0 Å². The number of rotatable bonds is 7. The molecule has 1 aromatic heterocycles. The Kier molecular flexibility index (Phi) is 7.94. The summed E-state index contributed by atoms with van der Waals surface area (Å²) in [4.78, 5) is 14.5. The predicted molar refractivity (Wildman–Crippen MR) is 103 cm³/mol. The van der Waals surface area contributed by atoms with E-state index in [4.69, 9.17) is 9.26 Å². The minimum absolute atomic E-state index is 0. The van der Waals surface area contributed by atoms with E-state index in [0.29, 0.717) is 24.2 Å². The molecule has 0 aliphatic heterocycles. The summed E-state index contributed by atoms with van der Waals surface area (Å²) in [6, 6.07) is 11.4. The molecule has 1 saturated carbocycles. The van der Waals surface area contributed by atoms with Crippen molar-refractivity contribution in [2.24, 2.45) is 0 Å². The van der Waals surface area contributed by atoms with Gasteiger partial charge in [0.1, 0.15) is 6.61 Å². The third kappa shape index (κ3) is 5.75. The fourth-order valence-electron chi connectivity index (χ4n) is 3.15. The molecule has 0 saturated heterocycles. The van der Waals surface area contributed by atoms with Crippen molar-refractivity contribution in [3.63, 3.8) is 0 Å². The highest BCUT2D eigenvalue weighted by molar-refractivity contribution is 6.02. The highest BCUT2D eigenvalue weighted by atomic mass is 35.5. The first kappa shape index (κ1) is 20.3. The van der Waals surface area contributed by atoms with Crippen LogP contribution in [0.2, 0.25) is 0 Å². The third-order valence-electron chi connectivity index (χ3n) is 4.64. The smallest absolute Gasteiger partial charge is 0.294 e. The number of hydrogen-bond donors (Lipinski definition) is 1. The molecule has 6 nitrogen and oxygen atoms in total. The molecule has 1 aromatic carbocycles. The summed E-state index contributed by atoms with van der Waals surface area (Å²) in [5, 5.41) is 6.56. The van der Waals surface area contributed by atoms with E-state index >= 15 is 0 Å². The number of nitrogens with one attached hydrogen (secondary N) is 1. The van der Waals surface area contributed by atoms with Crippen molar-refractivity contribution < 1.29 is 14.1 Å². The zero-order chi connectivity index (χ0) is 17.5. The van der Waals surface area contributed by atoms with E-state index < -0.39 is 0 Å². The number of hydrogen-bond acceptors (Lipinski definition) is 5. The topological polar surface area (TPSA) is 67.6 Å². The summed E-state index contributed by atoms with van der Waals surface area (Å²) < 4.78 is 10.7. The Balaban J connectivity index is 0.00000243. The number of halogens is 1. The van der Waals surface area contributed by atoms with Crippen LogP contribution in [-0.4, -0.2) is 42.2 Å². The van der Waals surface area contributed by atoms with Crippen LogP contribution < -0.4 is 10.1 Å². The fraction of sp³-hybridized carbons (Fsp3) is 0.474. The number of benzene rings is 1. The molecule has 26 heavy (non-hydrogen) atoms. The molecule has 0 unspecified atom stereocenters. The molecule has 0 radical (unpaired) electrons. The van der Waals surface area contributed by atoms with Crippen LogP contribution in [0.1, 0.15) is 42.7 Å². The second-order valence-electron chi connectivity index (χ2n) is 6.47. The number of anilines is 1. The van der Waals surface area contributed by atoms with Crippen LogP contribution in [0.15, 0.2) is 40.9 Å². The summed E-state index contributed by atoms with van der Waals surface area (Å²) in [5.74, 6) is 0.141. The predicted octanol–water partition coefficient (Wildman–Crippen LogP) is 3.99. The normalized spacial score (nSPS) is 14.7. The molecule has 1 amide bonds. The summed E-state index contributed by atoms with van der Waals surface area (Å²) in [6.45, 7) is 1.36. The molecule has 1 aliphatic carbocycles. The number of carbonyl (C=O) groups is 1. The fourth-order valence-corrected chi connectivity index (χ4v) is 3.15. The SMILES string of the molecule is CN(CCOc1cc(C(=O)Nc2ccccc2)on1)C1CCCCC1.Cl. The molecule has 2 aromatic rings. The molecule has 0 atom stereocenters. The Bertz CT molecular complexity index is 672. The lowest BCUT2D eigenvalue weighted by molar-refractivity contribution is 0.0987. The van der Waals surface area contributed by atoms with Crippen LogP contribution in [0.25, 0.3) is 0 Å². The van der Waals surface area contributed by atoms with Crippen LogP contribution >= 0.6 is 12.4 Å². The van der Waals surface area contributed by atoms with Gasteiger partial charge in [0.25, 0.3) is 11.8 Å². The van der Waals surface area contributed by atoms with Crippen molar-refractivity contribution in [1.29, 1.82) is 0 Å². The van der Waals surface area contributed by atoms with Gasteiger partial charge in [-0.25, -0.2) is 0 Å². The Labute approximate surface area is 160 Å². The van der Waals surface area contributed by atoms with Crippen molar-refractivity contribution in [3.8, 4) is 5.88 Å². The standard InChI is InChI=1S/C19H25N3O3.ClH/c1-22(16-10-6-3-7-11-16)12-13-24-18-14-17(25-21-18)19(23)20-15-8-4-2-5-9-15;/h2,4-5,8-9,14,16H,3,6-7,10-13H2,1H3,(H,20,23);1H. The van der Waals surface area contributed by atoms with Gasteiger partial charge in [-0.2, -0.15) is 0 Å². The van der Waals surface area contributed by atoms with Crippen molar-refractivity contribution in [1.82, 2.24) is 10.1 Å². The molecule has 3 rings (SSSR count). The van der Waals surface area contributed by atoms with Crippen molar-refractivity contribution in [3.05, 3.63) is 42.2 Å². The van der Waals surface area contributed by atoms with Crippen LogP contribution in [0.4, 0.5) is 5.69 Å². The van der Waals surface area contributed by atoms with Gasteiger partial charge in [0.05, 0.1) is 6.07 Å². The van der Waals surface area contributed by atoms with Gasteiger partial charge >= 0.3 is 0 Å². The number of carbonyl (C=O) groups excluding carboxylic acids is 1. The summed E-state index contributed by atoms with van der Waals surface area (Å²) in [7, 11) is 2.14. The van der Waals surface area contributed by atoms with Gasteiger partial charge in [-0.3, -0.25) is 4.79 Å². The number of likely N-dealkylation sites (N-methyl/N-ethyl adjacent to an activating group) is 1. The van der Waals surface area contributed by atoms with Crippen LogP contribution in [0.5, 0.6) is 5.88 Å². The Morgan fingerprint density at radius 1 is 1.27 bits per heavy atom. The number of amides is 1. The Morgan fingerprint density at radius 2 is 2.00 bits per heavy atom. The first-order valence-corrected chi connectivity index (χ1v) is 8.88. The number of nitrogens with zero attached hydrogens (tertiary/aromatic N) is 2. The molecular formula is C19H26ClN3O3. The van der Waals surface area contributed by atoms with Gasteiger partial charge in [0.15, 0.2) is 0 Å². The quantitative estimate of drug-likeness (QED) is 0.787. The highest BCUT2D eigenvalue weighted by Crippen LogP contribution is 2.21. The number of para-hydroxylation sites is 1. The molecule has 0 bridgehead atoms. The van der Waals surface area contributed by atoms with E-state index in [1.165, 1.54) is 38.2 Å². The third-order valence-corrected chi connectivity index (χ3v) is 4.64. The van der Waals surface area contributed by atoms with Crippen molar-refractivity contribution in [2.75, 3.05) is 25.5 Å². The van der Waals surface area contributed by atoms with E-state index in [9.17, 15) is 4.79 Å². The minimum Gasteiger partial charge on any atom is -0.474 e. The maximum absolute atomic E-state index is 12.1. The van der Waals surface area contributed by atoms with Gasteiger partial charge in [0, 0.05) is 18.3 Å². The van der Waals surface area contributed by atoms with E-state index in [1.54, 1.807) is 0 Å². The van der Waals surface area contributed by atoms with Gasteiger partial charge in [-0.15, -0.1) is 12.4 Å². The van der Waals surface area contributed by atoms with E-state index in [2.05, 4.69) is 22.4 Å². The number of ether oxygens (including phenoxy) is 1. The maximum atomic E-state index is 12.1. The lowest BCUT2D eigenvalue weighted by Crippen LogP contribution is -2.36. The highest BCUT2D eigenvalue weighted by Gasteiger charge is 2.18. The lowest BCUT2D eigenvalue weighted by Gasteiger charge is -2.30. The van der Waals surface area contributed by atoms with E-state index in [0.717, 1.165) is 6.54 Å². The first-order valence-electron chi connectivity index (χ1n) is 8.88. The van der Waals surface area contributed by atoms with Gasteiger partial charge < -0.3 is 19.5 Å². The molecule has 7 heteroatoms. The average molecular weight is 380 g/mol. The minimum atomic E-state index is -0.340. The van der Waals surface area contributed by atoms with Gasteiger partial charge in [-0.05, 0) is 37.2 Å². The van der Waals surface area contributed by atoms with E-state index in [-0.39, 0.29) is 24.1 Å². The van der Waals surface area contributed by atoms with Gasteiger partial charge in [0.2, 0.25) is 5.76 Å². The lowest BCUT2D eigenvalue weighted by atomic mass is 9.94. The molecule has 0 spiro atoms. The molecule has 1 aliphatic rings. The molecule has 142 valence electrons. The average Bonchev–Trinajstić information content (AvgIpc) is 3.12. The molecular weight excluding hydrogens is 354 g/mol. The van der Waals surface area contributed by atoms with Crippen molar-refractivity contribution in [2.45, 2.75) is 38.1 Å².